The topological polar surface area (TPSA) is 100 Å². The zero-order valence-electron chi connectivity index (χ0n) is 9.78. The summed E-state index contributed by atoms with van der Waals surface area (Å²) in [5.74, 6) is 0. The summed E-state index contributed by atoms with van der Waals surface area (Å²) in [6.07, 6.45) is 2.96. The Labute approximate surface area is 106 Å². The molecule has 0 saturated carbocycles. The molecule has 6 nitrogen and oxygen atoms in total. The largest absolute Gasteiger partial charge is 0.327 e. The van der Waals surface area contributed by atoms with Crippen molar-refractivity contribution < 1.29 is 8.42 Å². The third-order valence-electron chi connectivity index (χ3n) is 2.91. The number of nitriles is 1. The summed E-state index contributed by atoms with van der Waals surface area (Å²) in [6, 6.07) is 4.58. The highest BCUT2D eigenvalue weighted by Crippen LogP contribution is 2.21. The first-order chi connectivity index (χ1) is 8.55. The fourth-order valence-electron chi connectivity index (χ4n) is 2.01. The lowest BCUT2D eigenvalue weighted by atomic mass is 10.1. The van der Waals surface area contributed by atoms with Gasteiger partial charge in [-0.25, -0.2) is 13.4 Å². The standard InChI is InChI=1S/C11H14N4O2S/c12-7-10-11(4-1-5-14-10)18(16,17)15-6-2-3-9(13)8-15/h1,4-5,9H,2-3,6,8,13H2/t9-/m1/s1. The van der Waals surface area contributed by atoms with Gasteiger partial charge in [0.1, 0.15) is 11.0 Å². The van der Waals surface area contributed by atoms with Crippen molar-refractivity contribution in [1.82, 2.24) is 9.29 Å². The summed E-state index contributed by atoms with van der Waals surface area (Å²) < 4.78 is 26.1. The van der Waals surface area contributed by atoms with Crippen molar-refractivity contribution in [3.05, 3.63) is 24.0 Å². The second kappa shape index (κ2) is 5.02. The van der Waals surface area contributed by atoms with E-state index in [1.165, 1.54) is 22.6 Å². The molecule has 2 rings (SSSR count). The molecular formula is C11H14N4O2S. The van der Waals surface area contributed by atoms with Crippen molar-refractivity contribution in [1.29, 1.82) is 5.26 Å². The number of hydrogen-bond acceptors (Lipinski definition) is 5. The number of sulfonamides is 1. The number of piperidine rings is 1. The van der Waals surface area contributed by atoms with Gasteiger partial charge in [0.2, 0.25) is 10.0 Å². The molecule has 0 amide bonds. The molecule has 2 heterocycles. The van der Waals surface area contributed by atoms with E-state index < -0.39 is 10.0 Å². The van der Waals surface area contributed by atoms with E-state index in [0.29, 0.717) is 13.1 Å². The minimum atomic E-state index is -3.67. The third-order valence-corrected chi connectivity index (χ3v) is 4.81. The lowest BCUT2D eigenvalue weighted by Gasteiger charge is -2.29. The van der Waals surface area contributed by atoms with Crippen LogP contribution >= 0.6 is 0 Å². The Kier molecular flexibility index (Phi) is 3.61. The molecule has 96 valence electrons. The average Bonchev–Trinajstić information content (AvgIpc) is 2.38. The summed E-state index contributed by atoms with van der Waals surface area (Å²) in [7, 11) is -3.67. The lowest BCUT2D eigenvalue weighted by Crippen LogP contribution is -2.45. The first-order valence-corrected chi connectivity index (χ1v) is 7.10. The molecule has 0 aliphatic carbocycles. The highest BCUT2D eigenvalue weighted by molar-refractivity contribution is 7.89. The highest BCUT2D eigenvalue weighted by Gasteiger charge is 2.30. The Morgan fingerprint density at radius 2 is 2.33 bits per heavy atom. The van der Waals surface area contributed by atoms with Crippen LogP contribution in [-0.4, -0.2) is 36.8 Å². The van der Waals surface area contributed by atoms with Crippen molar-refractivity contribution >= 4 is 10.0 Å². The normalized spacial score (nSPS) is 21.4. The summed E-state index contributed by atoms with van der Waals surface area (Å²) in [5.41, 5.74) is 5.71. The molecule has 1 saturated heterocycles. The maximum atomic E-state index is 12.4. The van der Waals surface area contributed by atoms with Crippen LogP contribution in [0.5, 0.6) is 0 Å². The SMILES string of the molecule is N#Cc1ncccc1S(=O)(=O)N1CCC[C@@H](N)C1. The molecule has 1 aromatic rings. The molecule has 7 heteroatoms. The Bertz CT molecular complexity index is 579. The molecule has 0 unspecified atom stereocenters. The molecular weight excluding hydrogens is 252 g/mol. The Morgan fingerprint density at radius 1 is 1.56 bits per heavy atom. The van der Waals surface area contributed by atoms with E-state index in [9.17, 15) is 8.42 Å². The van der Waals surface area contributed by atoms with Crippen LogP contribution in [0.3, 0.4) is 0 Å². The van der Waals surface area contributed by atoms with E-state index in [2.05, 4.69) is 4.98 Å². The molecule has 1 atom stereocenters. The van der Waals surface area contributed by atoms with Gasteiger partial charge in [-0.3, -0.25) is 0 Å². The van der Waals surface area contributed by atoms with Crippen molar-refractivity contribution in [3.8, 4) is 6.07 Å². The van der Waals surface area contributed by atoms with Gasteiger partial charge in [0.05, 0.1) is 0 Å². The molecule has 0 radical (unpaired) electrons. The molecule has 1 aliphatic heterocycles. The van der Waals surface area contributed by atoms with Crippen LogP contribution in [-0.2, 0) is 10.0 Å². The number of pyridine rings is 1. The van der Waals surface area contributed by atoms with Crippen LogP contribution in [0.2, 0.25) is 0 Å². The van der Waals surface area contributed by atoms with E-state index in [1.54, 1.807) is 6.07 Å². The van der Waals surface area contributed by atoms with Crippen LogP contribution in [0.4, 0.5) is 0 Å². The molecule has 0 aromatic carbocycles. The molecule has 1 aromatic heterocycles. The van der Waals surface area contributed by atoms with E-state index >= 15 is 0 Å². The summed E-state index contributed by atoms with van der Waals surface area (Å²) in [5, 5.41) is 8.91. The molecule has 1 fully saturated rings. The maximum absolute atomic E-state index is 12.4. The van der Waals surface area contributed by atoms with Gasteiger partial charge in [0, 0.05) is 25.3 Å². The van der Waals surface area contributed by atoms with Gasteiger partial charge in [0.25, 0.3) is 0 Å². The molecule has 0 bridgehead atoms. The number of aromatic nitrogens is 1. The van der Waals surface area contributed by atoms with Crippen molar-refractivity contribution in [2.24, 2.45) is 5.73 Å². The fourth-order valence-corrected chi connectivity index (χ4v) is 3.64. The second-order valence-electron chi connectivity index (χ2n) is 4.23. The summed E-state index contributed by atoms with van der Waals surface area (Å²) in [6.45, 7) is 0.734. The number of nitrogens with zero attached hydrogens (tertiary/aromatic N) is 3. The Morgan fingerprint density at radius 3 is 3.00 bits per heavy atom. The van der Waals surface area contributed by atoms with E-state index in [4.69, 9.17) is 11.0 Å². The van der Waals surface area contributed by atoms with Gasteiger partial charge in [-0.15, -0.1) is 0 Å². The van der Waals surface area contributed by atoms with Crippen LogP contribution < -0.4 is 5.73 Å². The lowest BCUT2D eigenvalue weighted by molar-refractivity contribution is 0.316. The molecule has 1 aliphatic rings. The third kappa shape index (κ3) is 2.36. The summed E-state index contributed by atoms with van der Waals surface area (Å²) in [4.78, 5) is 3.74. The van der Waals surface area contributed by atoms with Crippen molar-refractivity contribution in [2.75, 3.05) is 13.1 Å². The first-order valence-electron chi connectivity index (χ1n) is 5.66. The number of nitrogens with two attached hydrogens (primary N) is 1. The van der Waals surface area contributed by atoms with Gasteiger partial charge >= 0.3 is 0 Å². The van der Waals surface area contributed by atoms with Gasteiger partial charge in [0.15, 0.2) is 5.69 Å². The predicted molar refractivity (Wildman–Crippen MR) is 64.9 cm³/mol. The molecule has 0 spiro atoms. The Balaban J connectivity index is 2.39. The number of rotatable bonds is 2. The Hall–Kier alpha value is -1.49. The smallest absolute Gasteiger partial charge is 0.246 e. The van der Waals surface area contributed by atoms with Gasteiger partial charge in [-0.2, -0.15) is 9.57 Å². The van der Waals surface area contributed by atoms with Crippen LogP contribution in [0.15, 0.2) is 23.2 Å². The summed E-state index contributed by atoms with van der Waals surface area (Å²) >= 11 is 0. The van der Waals surface area contributed by atoms with Crippen molar-refractivity contribution in [2.45, 2.75) is 23.8 Å². The predicted octanol–water partition coefficient (Wildman–Crippen LogP) is 0.0651. The van der Waals surface area contributed by atoms with Crippen LogP contribution in [0.25, 0.3) is 0 Å². The van der Waals surface area contributed by atoms with E-state index in [-0.39, 0.29) is 16.6 Å². The minimum absolute atomic E-state index is 0.0402. The fraction of sp³-hybridized carbons (Fsp3) is 0.455. The highest BCUT2D eigenvalue weighted by atomic mass is 32.2. The average molecular weight is 266 g/mol. The molecule has 18 heavy (non-hydrogen) atoms. The zero-order valence-corrected chi connectivity index (χ0v) is 10.6. The van der Waals surface area contributed by atoms with Crippen LogP contribution in [0, 0.1) is 11.3 Å². The molecule has 2 N–H and O–H groups in total. The monoisotopic (exact) mass is 266 g/mol. The van der Waals surface area contributed by atoms with Gasteiger partial charge in [-0.1, -0.05) is 0 Å². The first kappa shape index (κ1) is 13.0. The second-order valence-corrected chi connectivity index (χ2v) is 6.13. The van der Waals surface area contributed by atoms with Crippen molar-refractivity contribution in [3.63, 3.8) is 0 Å². The number of hydrogen-bond donors (Lipinski definition) is 1. The zero-order chi connectivity index (χ0) is 13.2. The van der Waals surface area contributed by atoms with Gasteiger partial charge in [-0.05, 0) is 25.0 Å². The quantitative estimate of drug-likeness (QED) is 0.816. The maximum Gasteiger partial charge on any atom is 0.246 e. The van der Waals surface area contributed by atoms with E-state index in [0.717, 1.165) is 12.8 Å². The minimum Gasteiger partial charge on any atom is -0.327 e. The van der Waals surface area contributed by atoms with Gasteiger partial charge < -0.3 is 5.73 Å². The van der Waals surface area contributed by atoms with Crippen LogP contribution in [0.1, 0.15) is 18.5 Å². The van der Waals surface area contributed by atoms with E-state index in [1.807, 2.05) is 0 Å².